The smallest absolute Gasteiger partial charge is 0.266 e. The van der Waals surface area contributed by atoms with Crippen LogP contribution in [-0.2, 0) is 15.4 Å². The Hall–Kier alpha value is -2.19. The van der Waals surface area contributed by atoms with Crippen LogP contribution in [0.4, 0.5) is 0 Å². The second-order valence-corrected chi connectivity index (χ2v) is 9.89. The SMILES string of the molecule is O=c1c(Cl)c(Cl)cnn1-c1ccc(S(=O)(=O)NCC2(c3ccccc3)CCC2)cc1. The molecule has 1 aliphatic carbocycles. The van der Waals surface area contributed by atoms with Crippen molar-refractivity contribution < 1.29 is 8.42 Å². The van der Waals surface area contributed by atoms with Crippen LogP contribution in [0.3, 0.4) is 0 Å². The number of halogens is 2. The highest BCUT2D eigenvalue weighted by atomic mass is 35.5. The third kappa shape index (κ3) is 3.90. The Morgan fingerprint density at radius 1 is 1.03 bits per heavy atom. The number of sulfonamides is 1. The van der Waals surface area contributed by atoms with Crippen molar-refractivity contribution in [2.24, 2.45) is 0 Å². The number of rotatable bonds is 6. The fourth-order valence-corrected chi connectivity index (χ4v) is 5.02. The van der Waals surface area contributed by atoms with E-state index in [1.165, 1.54) is 30.5 Å². The lowest BCUT2D eigenvalue weighted by Gasteiger charge is -2.42. The van der Waals surface area contributed by atoms with E-state index in [0.717, 1.165) is 29.5 Å². The van der Waals surface area contributed by atoms with E-state index in [-0.39, 0.29) is 20.4 Å². The summed E-state index contributed by atoms with van der Waals surface area (Å²) < 4.78 is 29.5. The molecule has 1 saturated carbocycles. The molecule has 30 heavy (non-hydrogen) atoms. The predicted octanol–water partition coefficient (Wildman–Crippen LogP) is 3.94. The monoisotopic (exact) mass is 463 g/mol. The van der Waals surface area contributed by atoms with Gasteiger partial charge in [-0.05, 0) is 42.7 Å². The van der Waals surface area contributed by atoms with Crippen molar-refractivity contribution >= 4 is 33.2 Å². The van der Waals surface area contributed by atoms with Gasteiger partial charge in [-0.3, -0.25) is 4.79 Å². The standard InChI is InChI=1S/C21H19Cl2N3O3S/c22-18-13-24-26(20(27)19(18)23)16-7-9-17(10-8-16)30(28,29)25-14-21(11-4-12-21)15-5-2-1-3-6-15/h1-3,5-10,13,25H,4,11-12,14H2. The average molecular weight is 464 g/mol. The third-order valence-electron chi connectivity index (χ3n) is 5.57. The Kier molecular flexibility index (Phi) is 5.72. The molecule has 1 N–H and O–H groups in total. The molecule has 9 heteroatoms. The van der Waals surface area contributed by atoms with Gasteiger partial charge in [-0.15, -0.1) is 0 Å². The number of aromatic nitrogens is 2. The quantitative estimate of drug-likeness (QED) is 0.599. The van der Waals surface area contributed by atoms with E-state index in [9.17, 15) is 13.2 Å². The van der Waals surface area contributed by atoms with Gasteiger partial charge in [0.15, 0.2) is 0 Å². The molecule has 1 aliphatic rings. The van der Waals surface area contributed by atoms with E-state index < -0.39 is 15.6 Å². The van der Waals surface area contributed by atoms with Crippen molar-refractivity contribution in [3.63, 3.8) is 0 Å². The van der Waals surface area contributed by atoms with Gasteiger partial charge >= 0.3 is 0 Å². The summed E-state index contributed by atoms with van der Waals surface area (Å²) in [6, 6.07) is 15.9. The van der Waals surface area contributed by atoms with Gasteiger partial charge in [0.2, 0.25) is 10.0 Å². The molecule has 6 nitrogen and oxygen atoms in total. The predicted molar refractivity (Wildman–Crippen MR) is 117 cm³/mol. The van der Waals surface area contributed by atoms with E-state index in [0.29, 0.717) is 12.2 Å². The lowest BCUT2D eigenvalue weighted by atomic mass is 9.64. The van der Waals surface area contributed by atoms with Crippen LogP contribution in [0, 0.1) is 0 Å². The van der Waals surface area contributed by atoms with Gasteiger partial charge in [0.25, 0.3) is 5.56 Å². The molecule has 1 heterocycles. The van der Waals surface area contributed by atoms with Crippen LogP contribution in [0.2, 0.25) is 10.0 Å². The second-order valence-electron chi connectivity index (χ2n) is 7.34. The molecule has 0 bridgehead atoms. The summed E-state index contributed by atoms with van der Waals surface area (Å²) in [6.45, 7) is 0.342. The zero-order valence-electron chi connectivity index (χ0n) is 15.9. The van der Waals surface area contributed by atoms with E-state index in [2.05, 4.69) is 9.82 Å². The summed E-state index contributed by atoms with van der Waals surface area (Å²) in [5, 5.41) is 3.86. The van der Waals surface area contributed by atoms with E-state index in [1.807, 2.05) is 30.3 Å². The molecule has 4 rings (SSSR count). The topological polar surface area (TPSA) is 81.1 Å². The molecule has 1 aromatic heterocycles. The molecular formula is C21H19Cl2N3O3S. The molecule has 0 radical (unpaired) electrons. The van der Waals surface area contributed by atoms with Crippen molar-refractivity contribution in [2.75, 3.05) is 6.54 Å². The Morgan fingerprint density at radius 2 is 1.70 bits per heavy atom. The molecule has 1 fully saturated rings. The summed E-state index contributed by atoms with van der Waals surface area (Å²) in [7, 11) is -3.71. The van der Waals surface area contributed by atoms with Crippen LogP contribution in [0.5, 0.6) is 0 Å². The molecule has 0 atom stereocenters. The van der Waals surface area contributed by atoms with Gasteiger partial charge in [-0.1, -0.05) is 60.0 Å². The minimum atomic E-state index is -3.71. The summed E-state index contributed by atoms with van der Waals surface area (Å²) in [5.41, 5.74) is 0.801. The first-order valence-electron chi connectivity index (χ1n) is 9.41. The first-order valence-corrected chi connectivity index (χ1v) is 11.7. The maximum absolute atomic E-state index is 12.8. The molecule has 0 aliphatic heterocycles. The normalized spacial score (nSPS) is 15.5. The fraction of sp³-hybridized carbons (Fsp3) is 0.238. The molecule has 0 saturated heterocycles. The van der Waals surface area contributed by atoms with Crippen LogP contribution >= 0.6 is 23.2 Å². The van der Waals surface area contributed by atoms with Gasteiger partial charge in [-0.25, -0.2) is 13.1 Å². The number of hydrogen-bond donors (Lipinski definition) is 1. The molecule has 0 amide bonds. The molecule has 156 valence electrons. The number of hydrogen-bond acceptors (Lipinski definition) is 4. The van der Waals surface area contributed by atoms with E-state index in [4.69, 9.17) is 23.2 Å². The number of benzene rings is 2. The summed E-state index contributed by atoms with van der Waals surface area (Å²) >= 11 is 11.7. The fourth-order valence-electron chi connectivity index (χ4n) is 3.64. The highest BCUT2D eigenvalue weighted by Crippen LogP contribution is 2.43. The summed E-state index contributed by atoms with van der Waals surface area (Å²) in [6.07, 6.45) is 4.24. The van der Waals surface area contributed by atoms with Crippen molar-refractivity contribution in [1.82, 2.24) is 14.5 Å². The number of nitrogens with one attached hydrogen (secondary N) is 1. The van der Waals surface area contributed by atoms with Gasteiger partial charge < -0.3 is 0 Å². The van der Waals surface area contributed by atoms with Crippen molar-refractivity contribution in [3.05, 3.63) is 86.8 Å². The van der Waals surface area contributed by atoms with Gasteiger partial charge in [0, 0.05) is 12.0 Å². The van der Waals surface area contributed by atoms with Crippen LogP contribution in [0.25, 0.3) is 5.69 Å². The lowest BCUT2D eigenvalue weighted by Crippen LogP contribution is -2.45. The first kappa shape index (κ1) is 21.1. The van der Waals surface area contributed by atoms with Crippen molar-refractivity contribution in [2.45, 2.75) is 29.6 Å². The Morgan fingerprint density at radius 3 is 2.30 bits per heavy atom. The second kappa shape index (κ2) is 8.15. The lowest BCUT2D eigenvalue weighted by molar-refractivity contribution is 0.245. The molecular weight excluding hydrogens is 445 g/mol. The summed E-state index contributed by atoms with van der Waals surface area (Å²) in [5.74, 6) is 0. The largest absolute Gasteiger partial charge is 0.291 e. The third-order valence-corrected chi connectivity index (χ3v) is 7.73. The summed E-state index contributed by atoms with van der Waals surface area (Å²) in [4.78, 5) is 12.3. The van der Waals surface area contributed by atoms with Gasteiger partial charge in [-0.2, -0.15) is 9.78 Å². The molecule has 3 aromatic rings. The zero-order chi connectivity index (χ0) is 21.4. The van der Waals surface area contributed by atoms with Crippen LogP contribution in [0.1, 0.15) is 24.8 Å². The van der Waals surface area contributed by atoms with E-state index in [1.54, 1.807) is 0 Å². The highest BCUT2D eigenvalue weighted by molar-refractivity contribution is 7.89. The maximum Gasteiger partial charge on any atom is 0.291 e. The van der Waals surface area contributed by atoms with E-state index >= 15 is 0 Å². The van der Waals surface area contributed by atoms with Crippen molar-refractivity contribution in [3.8, 4) is 5.69 Å². The zero-order valence-corrected chi connectivity index (χ0v) is 18.2. The molecule has 0 unspecified atom stereocenters. The Balaban J connectivity index is 1.54. The Bertz CT molecular complexity index is 1220. The van der Waals surface area contributed by atoms with Gasteiger partial charge in [0.05, 0.1) is 21.8 Å². The van der Waals surface area contributed by atoms with Crippen molar-refractivity contribution in [1.29, 1.82) is 0 Å². The van der Waals surface area contributed by atoms with Crippen LogP contribution < -0.4 is 10.3 Å². The minimum absolute atomic E-state index is 0.0599. The number of nitrogens with zero attached hydrogens (tertiary/aromatic N) is 2. The highest BCUT2D eigenvalue weighted by Gasteiger charge is 2.39. The maximum atomic E-state index is 12.8. The van der Waals surface area contributed by atoms with Crippen LogP contribution in [0.15, 0.2) is 70.5 Å². The average Bonchev–Trinajstić information content (AvgIpc) is 2.72. The van der Waals surface area contributed by atoms with Crippen LogP contribution in [-0.4, -0.2) is 24.7 Å². The minimum Gasteiger partial charge on any atom is -0.266 e. The molecule has 0 spiro atoms. The Labute approximate surface area is 184 Å². The van der Waals surface area contributed by atoms with Gasteiger partial charge in [0.1, 0.15) is 5.02 Å². The first-order chi connectivity index (χ1) is 14.3. The molecule has 2 aromatic carbocycles.